The summed E-state index contributed by atoms with van der Waals surface area (Å²) in [7, 11) is 0. The Morgan fingerprint density at radius 1 is 0.732 bits per heavy atom. The third kappa shape index (κ3) is 9.33. The highest BCUT2D eigenvalue weighted by molar-refractivity contribution is 5.87. The van der Waals surface area contributed by atoms with E-state index in [2.05, 4.69) is 66.4 Å². The fraction of sp³-hybridized carbons (Fsp3) is 0.257. The Kier molecular flexibility index (Phi) is 10.7. The van der Waals surface area contributed by atoms with Crippen LogP contribution in [0.15, 0.2) is 97.1 Å². The van der Waals surface area contributed by atoms with Gasteiger partial charge >= 0.3 is 11.9 Å². The van der Waals surface area contributed by atoms with Crippen LogP contribution in [0.5, 0.6) is 5.75 Å². The molecular weight excluding hydrogens is 514 g/mol. The van der Waals surface area contributed by atoms with Gasteiger partial charge in [-0.25, -0.2) is 4.79 Å². The minimum Gasteiger partial charge on any atom is -0.489 e. The summed E-state index contributed by atoms with van der Waals surface area (Å²) >= 11 is 0. The molecule has 2 N–H and O–H groups in total. The number of ether oxygens (including phenoxy) is 1. The molecule has 0 saturated carbocycles. The number of aliphatic carboxylic acids is 1. The minimum atomic E-state index is -0.944. The summed E-state index contributed by atoms with van der Waals surface area (Å²) < 4.78 is 6.26. The maximum absolute atomic E-state index is 11.2. The van der Waals surface area contributed by atoms with Crippen LogP contribution in [0.4, 0.5) is 0 Å². The smallest absolute Gasteiger partial charge is 0.335 e. The van der Waals surface area contributed by atoms with Gasteiger partial charge < -0.3 is 14.9 Å². The number of rotatable bonds is 15. The zero-order valence-electron chi connectivity index (χ0n) is 23.5. The average molecular weight is 552 g/mol. The number of benzene rings is 4. The summed E-state index contributed by atoms with van der Waals surface area (Å²) in [5.41, 5.74) is 7.10. The van der Waals surface area contributed by atoms with Crippen LogP contribution >= 0.6 is 0 Å². The standard InChI is InChI=1S/C35H37NO5/c1-26-9-15-29(16-10-26)30-17-13-28(14-18-30)25-41-33-7-3-2-6-31(33)21-23-36(22-5-4-8-34(37)38)24-27-11-19-32(20-12-27)35(39)40/h2-3,6-7,9-20H,4-5,8,21-25H2,1H3,(H,37,38)(H,39,40). The molecule has 0 aliphatic rings. The summed E-state index contributed by atoms with van der Waals surface area (Å²) in [6.45, 7) is 4.73. The van der Waals surface area contributed by atoms with E-state index >= 15 is 0 Å². The van der Waals surface area contributed by atoms with Gasteiger partial charge in [-0.3, -0.25) is 9.69 Å². The Morgan fingerprint density at radius 2 is 1.37 bits per heavy atom. The van der Waals surface area contributed by atoms with E-state index in [4.69, 9.17) is 9.84 Å². The van der Waals surface area contributed by atoms with Crippen molar-refractivity contribution < 1.29 is 24.5 Å². The minimum absolute atomic E-state index is 0.157. The van der Waals surface area contributed by atoms with E-state index in [-0.39, 0.29) is 12.0 Å². The van der Waals surface area contributed by atoms with Gasteiger partial charge in [0.15, 0.2) is 0 Å². The van der Waals surface area contributed by atoms with E-state index in [1.54, 1.807) is 12.1 Å². The van der Waals surface area contributed by atoms with Gasteiger partial charge in [-0.05, 0) is 78.7 Å². The maximum Gasteiger partial charge on any atom is 0.335 e. The number of hydrogen-bond donors (Lipinski definition) is 2. The van der Waals surface area contributed by atoms with Crippen LogP contribution in [0.25, 0.3) is 11.1 Å². The number of aryl methyl sites for hydroxylation is 1. The molecule has 0 bridgehead atoms. The van der Waals surface area contributed by atoms with Gasteiger partial charge in [-0.2, -0.15) is 0 Å². The van der Waals surface area contributed by atoms with Crippen LogP contribution in [-0.4, -0.2) is 40.1 Å². The molecule has 0 saturated heterocycles. The number of para-hydroxylation sites is 1. The predicted octanol–water partition coefficient (Wildman–Crippen LogP) is 7.24. The summed E-state index contributed by atoms with van der Waals surface area (Å²) in [5.74, 6) is -0.871. The van der Waals surface area contributed by atoms with E-state index in [1.165, 1.54) is 16.7 Å². The zero-order chi connectivity index (χ0) is 29.0. The van der Waals surface area contributed by atoms with Crippen LogP contribution in [0.1, 0.15) is 51.9 Å². The summed E-state index contributed by atoms with van der Waals surface area (Å²) in [4.78, 5) is 24.5. The lowest BCUT2D eigenvalue weighted by molar-refractivity contribution is -0.137. The number of carboxylic acid groups (broad SMARTS) is 2. The first-order valence-corrected chi connectivity index (χ1v) is 14.0. The second-order valence-electron chi connectivity index (χ2n) is 10.3. The fourth-order valence-corrected chi connectivity index (χ4v) is 4.72. The van der Waals surface area contributed by atoms with Crippen molar-refractivity contribution in [3.05, 3.63) is 125 Å². The van der Waals surface area contributed by atoms with Crippen molar-refractivity contribution in [3.8, 4) is 16.9 Å². The molecule has 41 heavy (non-hydrogen) atoms. The Hall–Kier alpha value is -4.42. The molecule has 0 fully saturated rings. The Labute approximate surface area is 241 Å². The summed E-state index contributed by atoms with van der Waals surface area (Å²) in [6, 6.07) is 32.0. The Bertz CT molecular complexity index is 1410. The van der Waals surface area contributed by atoms with Crippen molar-refractivity contribution in [2.24, 2.45) is 0 Å². The van der Waals surface area contributed by atoms with Crippen LogP contribution in [-0.2, 0) is 24.4 Å². The first-order valence-electron chi connectivity index (χ1n) is 14.0. The number of unbranched alkanes of at least 4 members (excludes halogenated alkanes) is 1. The van der Waals surface area contributed by atoms with Crippen molar-refractivity contribution in [1.29, 1.82) is 0 Å². The topological polar surface area (TPSA) is 87.1 Å². The number of carbonyl (C=O) groups is 2. The molecule has 0 atom stereocenters. The number of nitrogens with zero attached hydrogens (tertiary/aromatic N) is 1. The van der Waals surface area contributed by atoms with Crippen molar-refractivity contribution in [3.63, 3.8) is 0 Å². The van der Waals surface area contributed by atoms with Gasteiger partial charge in [0.25, 0.3) is 0 Å². The van der Waals surface area contributed by atoms with E-state index < -0.39 is 11.9 Å². The summed E-state index contributed by atoms with van der Waals surface area (Å²) in [6.07, 6.45) is 2.32. The van der Waals surface area contributed by atoms with Crippen LogP contribution in [0.3, 0.4) is 0 Å². The third-order valence-corrected chi connectivity index (χ3v) is 7.13. The van der Waals surface area contributed by atoms with E-state index in [9.17, 15) is 14.7 Å². The van der Waals surface area contributed by atoms with Gasteiger partial charge in [0.05, 0.1) is 5.56 Å². The van der Waals surface area contributed by atoms with E-state index in [0.29, 0.717) is 19.6 Å². The van der Waals surface area contributed by atoms with Crippen molar-refractivity contribution in [2.45, 2.75) is 45.8 Å². The molecule has 0 aromatic heterocycles. The molecule has 0 radical (unpaired) electrons. The van der Waals surface area contributed by atoms with Crippen LogP contribution < -0.4 is 4.74 Å². The molecule has 212 valence electrons. The summed E-state index contributed by atoms with van der Waals surface area (Å²) in [5, 5.41) is 18.2. The number of hydrogen-bond acceptors (Lipinski definition) is 4. The van der Waals surface area contributed by atoms with Gasteiger partial charge in [0.1, 0.15) is 12.4 Å². The third-order valence-electron chi connectivity index (χ3n) is 7.13. The van der Waals surface area contributed by atoms with Gasteiger partial charge in [0, 0.05) is 19.5 Å². The highest BCUT2D eigenvalue weighted by atomic mass is 16.5. The van der Waals surface area contributed by atoms with Crippen molar-refractivity contribution >= 4 is 11.9 Å². The first-order chi connectivity index (χ1) is 19.9. The van der Waals surface area contributed by atoms with Gasteiger partial charge in [-0.1, -0.05) is 84.4 Å². The largest absolute Gasteiger partial charge is 0.489 e. The molecule has 6 nitrogen and oxygen atoms in total. The lowest BCUT2D eigenvalue weighted by Crippen LogP contribution is -2.27. The molecule has 6 heteroatoms. The molecule has 4 rings (SSSR count). The molecule has 0 aliphatic carbocycles. The lowest BCUT2D eigenvalue weighted by atomic mass is 10.0. The first kappa shape index (κ1) is 29.6. The average Bonchev–Trinajstić information content (AvgIpc) is 2.98. The number of carboxylic acids is 2. The van der Waals surface area contributed by atoms with Gasteiger partial charge in [-0.15, -0.1) is 0 Å². The maximum atomic E-state index is 11.2. The van der Waals surface area contributed by atoms with Crippen molar-refractivity contribution in [1.82, 2.24) is 4.90 Å². The highest BCUT2D eigenvalue weighted by Crippen LogP contribution is 2.23. The van der Waals surface area contributed by atoms with Crippen molar-refractivity contribution in [2.75, 3.05) is 13.1 Å². The molecule has 4 aromatic carbocycles. The molecular formula is C35H37NO5. The number of aromatic carboxylic acids is 1. The Morgan fingerprint density at radius 3 is 2.02 bits per heavy atom. The van der Waals surface area contributed by atoms with Crippen LogP contribution in [0, 0.1) is 6.92 Å². The zero-order valence-corrected chi connectivity index (χ0v) is 23.5. The molecule has 0 aliphatic heterocycles. The second kappa shape index (κ2) is 14.8. The van der Waals surface area contributed by atoms with Gasteiger partial charge in [0.2, 0.25) is 0 Å². The van der Waals surface area contributed by atoms with E-state index in [0.717, 1.165) is 48.4 Å². The van der Waals surface area contributed by atoms with E-state index in [1.807, 2.05) is 30.3 Å². The Balaban J connectivity index is 1.37. The predicted molar refractivity (Wildman–Crippen MR) is 161 cm³/mol. The fourth-order valence-electron chi connectivity index (χ4n) is 4.72. The molecule has 0 unspecified atom stereocenters. The molecule has 4 aromatic rings. The molecule has 0 amide bonds. The highest BCUT2D eigenvalue weighted by Gasteiger charge is 2.11. The SMILES string of the molecule is Cc1ccc(-c2ccc(COc3ccccc3CCN(CCCCC(=O)O)Cc3ccc(C(=O)O)cc3)cc2)cc1. The molecule has 0 heterocycles. The van der Waals surface area contributed by atoms with Crippen LogP contribution in [0.2, 0.25) is 0 Å². The second-order valence-corrected chi connectivity index (χ2v) is 10.3. The monoisotopic (exact) mass is 551 g/mol. The normalized spacial score (nSPS) is 11.0. The lowest BCUT2D eigenvalue weighted by Gasteiger charge is -2.23. The molecule has 0 spiro atoms. The quantitative estimate of drug-likeness (QED) is 0.152.